The summed E-state index contributed by atoms with van der Waals surface area (Å²) in [6, 6.07) is 6.57. The van der Waals surface area contributed by atoms with Crippen molar-refractivity contribution in [3.63, 3.8) is 0 Å². The van der Waals surface area contributed by atoms with Gasteiger partial charge >= 0.3 is 5.97 Å². The molecule has 2 aliphatic rings. The SMILES string of the molecule is O=C(O)C1CCCN(C(=O)C2CCCN(Cc3cccc(F)c3)C2)C1. The van der Waals surface area contributed by atoms with Crippen molar-refractivity contribution in [1.29, 1.82) is 0 Å². The van der Waals surface area contributed by atoms with Crippen molar-refractivity contribution in [2.24, 2.45) is 11.8 Å². The fourth-order valence-corrected chi connectivity index (χ4v) is 3.93. The van der Waals surface area contributed by atoms with E-state index in [-0.39, 0.29) is 17.6 Å². The van der Waals surface area contributed by atoms with Crippen LogP contribution < -0.4 is 0 Å². The van der Waals surface area contributed by atoms with Gasteiger partial charge in [-0.15, -0.1) is 0 Å². The molecule has 1 aromatic rings. The standard InChI is InChI=1S/C19H25FN2O3/c20-17-7-1-4-14(10-17)11-21-8-2-5-15(12-21)18(23)22-9-3-6-16(13-22)19(24)25/h1,4,7,10,15-16H,2-3,5-6,8-9,11-13H2,(H,24,25). The summed E-state index contributed by atoms with van der Waals surface area (Å²) in [6.45, 7) is 3.18. The number of likely N-dealkylation sites (tertiary alicyclic amines) is 2. The Morgan fingerprint density at radius 3 is 2.64 bits per heavy atom. The third-order valence-corrected chi connectivity index (χ3v) is 5.23. The van der Waals surface area contributed by atoms with Gasteiger partial charge in [-0.25, -0.2) is 4.39 Å². The van der Waals surface area contributed by atoms with E-state index in [2.05, 4.69) is 4.90 Å². The highest BCUT2D eigenvalue weighted by molar-refractivity contribution is 5.80. The van der Waals surface area contributed by atoms with Gasteiger partial charge in [0.15, 0.2) is 0 Å². The van der Waals surface area contributed by atoms with Crippen LogP contribution in [0.15, 0.2) is 24.3 Å². The van der Waals surface area contributed by atoms with Crippen LogP contribution in [-0.4, -0.2) is 53.0 Å². The third kappa shape index (κ3) is 4.57. The third-order valence-electron chi connectivity index (χ3n) is 5.23. The molecule has 1 aromatic carbocycles. The highest BCUT2D eigenvalue weighted by Gasteiger charge is 2.33. The fourth-order valence-electron chi connectivity index (χ4n) is 3.93. The topological polar surface area (TPSA) is 60.9 Å². The molecule has 0 radical (unpaired) electrons. The summed E-state index contributed by atoms with van der Waals surface area (Å²) in [4.78, 5) is 28.0. The molecule has 0 saturated carbocycles. The number of piperidine rings is 2. The predicted octanol–water partition coefficient (Wildman–Crippen LogP) is 2.36. The average molecular weight is 348 g/mol. The molecule has 0 aliphatic carbocycles. The van der Waals surface area contributed by atoms with E-state index in [0.717, 1.165) is 31.4 Å². The Labute approximate surface area is 147 Å². The molecule has 0 bridgehead atoms. The summed E-state index contributed by atoms with van der Waals surface area (Å²) in [5.41, 5.74) is 0.914. The summed E-state index contributed by atoms with van der Waals surface area (Å²) in [5.74, 6) is -1.50. The molecule has 136 valence electrons. The number of amides is 1. The zero-order chi connectivity index (χ0) is 17.8. The smallest absolute Gasteiger partial charge is 0.308 e. The molecule has 1 N–H and O–H groups in total. The minimum Gasteiger partial charge on any atom is -0.481 e. The van der Waals surface area contributed by atoms with Crippen LogP contribution in [0.1, 0.15) is 31.2 Å². The number of hydrogen-bond donors (Lipinski definition) is 1. The maximum Gasteiger partial charge on any atom is 0.308 e. The van der Waals surface area contributed by atoms with Gasteiger partial charge in [0.25, 0.3) is 0 Å². The Morgan fingerprint density at radius 2 is 1.88 bits per heavy atom. The van der Waals surface area contributed by atoms with Crippen LogP contribution in [0.3, 0.4) is 0 Å². The molecule has 2 aliphatic heterocycles. The maximum absolute atomic E-state index is 13.3. The molecule has 2 atom stereocenters. The number of rotatable bonds is 4. The number of hydrogen-bond acceptors (Lipinski definition) is 3. The maximum atomic E-state index is 13.3. The number of carbonyl (C=O) groups is 2. The first-order valence-corrected chi connectivity index (χ1v) is 9.01. The number of carboxylic acid groups (broad SMARTS) is 1. The van der Waals surface area contributed by atoms with E-state index in [4.69, 9.17) is 0 Å². The van der Waals surface area contributed by atoms with Crippen molar-refractivity contribution in [2.45, 2.75) is 32.2 Å². The second kappa shape index (κ2) is 7.95. The van der Waals surface area contributed by atoms with Crippen molar-refractivity contribution < 1.29 is 19.1 Å². The Kier molecular flexibility index (Phi) is 5.68. The largest absolute Gasteiger partial charge is 0.481 e. The van der Waals surface area contributed by atoms with Crippen molar-refractivity contribution >= 4 is 11.9 Å². The molecule has 6 heteroatoms. The van der Waals surface area contributed by atoms with E-state index in [1.807, 2.05) is 6.07 Å². The molecule has 2 fully saturated rings. The molecule has 2 unspecified atom stereocenters. The predicted molar refractivity (Wildman–Crippen MR) is 91.3 cm³/mol. The molecule has 3 rings (SSSR count). The molecule has 5 nitrogen and oxygen atoms in total. The summed E-state index contributed by atoms with van der Waals surface area (Å²) >= 11 is 0. The van der Waals surface area contributed by atoms with Gasteiger partial charge in [-0.05, 0) is 49.9 Å². The highest BCUT2D eigenvalue weighted by atomic mass is 19.1. The lowest BCUT2D eigenvalue weighted by atomic mass is 9.93. The highest BCUT2D eigenvalue weighted by Crippen LogP contribution is 2.24. The molecule has 2 saturated heterocycles. The summed E-state index contributed by atoms with van der Waals surface area (Å²) in [5, 5.41) is 9.20. The number of halogens is 1. The van der Waals surface area contributed by atoms with Crippen molar-refractivity contribution in [1.82, 2.24) is 9.80 Å². The van der Waals surface area contributed by atoms with Crippen LogP contribution in [-0.2, 0) is 16.1 Å². The Morgan fingerprint density at radius 1 is 1.12 bits per heavy atom. The molecular weight excluding hydrogens is 323 g/mol. The van der Waals surface area contributed by atoms with Crippen LogP contribution >= 0.6 is 0 Å². The van der Waals surface area contributed by atoms with Crippen LogP contribution in [0.4, 0.5) is 4.39 Å². The number of carbonyl (C=O) groups excluding carboxylic acids is 1. The van der Waals surface area contributed by atoms with Crippen LogP contribution in [0.5, 0.6) is 0 Å². The number of nitrogens with zero attached hydrogens (tertiary/aromatic N) is 2. The molecule has 1 amide bonds. The number of benzene rings is 1. The Hall–Kier alpha value is -1.95. The van der Waals surface area contributed by atoms with E-state index >= 15 is 0 Å². The lowest BCUT2D eigenvalue weighted by Crippen LogP contribution is -2.48. The van der Waals surface area contributed by atoms with Crippen LogP contribution in [0.25, 0.3) is 0 Å². The monoisotopic (exact) mass is 348 g/mol. The van der Waals surface area contributed by atoms with Gasteiger partial charge in [0.05, 0.1) is 11.8 Å². The normalized spacial score (nSPS) is 24.9. The van der Waals surface area contributed by atoms with Crippen LogP contribution in [0.2, 0.25) is 0 Å². The van der Waals surface area contributed by atoms with Gasteiger partial charge in [0.1, 0.15) is 5.82 Å². The first-order valence-electron chi connectivity index (χ1n) is 9.01. The summed E-state index contributed by atoms with van der Waals surface area (Å²) in [7, 11) is 0. The van der Waals surface area contributed by atoms with Gasteiger partial charge in [0.2, 0.25) is 5.91 Å². The fraction of sp³-hybridized carbons (Fsp3) is 0.579. The minimum atomic E-state index is -0.811. The zero-order valence-corrected chi connectivity index (χ0v) is 14.4. The van der Waals surface area contributed by atoms with Crippen molar-refractivity contribution in [3.05, 3.63) is 35.6 Å². The lowest BCUT2D eigenvalue weighted by molar-refractivity contribution is -0.147. The second-order valence-corrected chi connectivity index (χ2v) is 7.17. The van der Waals surface area contributed by atoms with Crippen molar-refractivity contribution in [2.75, 3.05) is 26.2 Å². The zero-order valence-electron chi connectivity index (χ0n) is 14.4. The molecular formula is C19H25FN2O3. The van der Waals surface area contributed by atoms with Gasteiger partial charge in [-0.3, -0.25) is 14.5 Å². The lowest BCUT2D eigenvalue weighted by Gasteiger charge is -2.37. The molecule has 0 aromatic heterocycles. The quantitative estimate of drug-likeness (QED) is 0.907. The second-order valence-electron chi connectivity index (χ2n) is 7.17. The number of carboxylic acids is 1. The Balaban J connectivity index is 1.58. The minimum absolute atomic E-state index is 0.0786. The van der Waals surface area contributed by atoms with E-state index < -0.39 is 11.9 Å². The average Bonchev–Trinajstić information content (AvgIpc) is 2.61. The van der Waals surface area contributed by atoms with E-state index in [1.54, 1.807) is 11.0 Å². The van der Waals surface area contributed by atoms with Gasteiger partial charge in [0, 0.05) is 26.2 Å². The molecule has 2 heterocycles. The molecule has 25 heavy (non-hydrogen) atoms. The first-order chi connectivity index (χ1) is 12.0. The number of aliphatic carboxylic acids is 1. The van der Waals surface area contributed by atoms with E-state index in [1.165, 1.54) is 12.1 Å². The van der Waals surface area contributed by atoms with E-state index in [0.29, 0.717) is 32.6 Å². The summed E-state index contributed by atoms with van der Waals surface area (Å²) in [6.07, 6.45) is 3.17. The van der Waals surface area contributed by atoms with Gasteiger partial charge < -0.3 is 10.0 Å². The molecule has 0 spiro atoms. The van der Waals surface area contributed by atoms with Crippen molar-refractivity contribution in [3.8, 4) is 0 Å². The van der Waals surface area contributed by atoms with E-state index in [9.17, 15) is 19.1 Å². The van der Waals surface area contributed by atoms with Gasteiger partial charge in [-0.2, -0.15) is 0 Å². The Bertz CT molecular complexity index is 637. The van der Waals surface area contributed by atoms with Gasteiger partial charge in [-0.1, -0.05) is 12.1 Å². The summed E-state index contributed by atoms with van der Waals surface area (Å²) < 4.78 is 13.3. The van der Waals surface area contributed by atoms with Crippen LogP contribution in [0, 0.1) is 17.7 Å². The first kappa shape index (κ1) is 17.9.